The van der Waals surface area contributed by atoms with E-state index in [0.717, 1.165) is 0 Å². The molecule has 0 radical (unpaired) electrons. The lowest BCUT2D eigenvalue weighted by Gasteiger charge is -2.30. The maximum atomic E-state index is 14.7. The Kier molecular flexibility index (Phi) is 48.1. The Bertz CT molecular complexity index is 3320. The van der Waals surface area contributed by atoms with E-state index in [0.29, 0.717) is 120 Å². The van der Waals surface area contributed by atoms with Crippen molar-refractivity contribution in [2.75, 3.05) is 44.6 Å². The first-order chi connectivity index (χ1) is 53.5. The molecule has 0 bridgehead atoms. The molecule has 0 heterocycles. The number of amides is 12. The Labute approximate surface area is 668 Å². The SMILES string of the molecule is CC(C)C[C@H](NC(=O)[C@H](CCCCN)NC(=O)[C@@H](NC(=O)[C@H](CCCCN)NC(=O)[C@@H](NC(=O)[C@@H](N)CCCCN)C(C)C)C(C)C)C(=O)Nc1ccccc1-c1cccc(C(=O)N[C@H](C(=O)N[C@@H](CCCCN)C(=O)N[C@H](C(=O)N[C@@H](CCCCN)C(=O)N[C@H](C(=O)N[C@@H](CCCCN)C(=O)O)C(C)C)C(C)C)C(C)C)c1. The quantitative estimate of drug-likeness (QED) is 0.0419. The van der Waals surface area contributed by atoms with E-state index in [1.807, 2.05) is 13.8 Å². The lowest BCUT2D eigenvalue weighted by Crippen LogP contribution is -2.61. The normalized spacial score (nSPS) is 14.7. The Morgan fingerprint density at radius 2 is 0.619 bits per heavy atom. The third-order valence-corrected chi connectivity index (χ3v) is 19.4. The van der Waals surface area contributed by atoms with Gasteiger partial charge < -0.3 is 109 Å². The lowest BCUT2D eigenvalue weighted by molar-refractivity contribution is -0.143. The van der Waals surface area contributed by atoms with Crippen LogP contribution in [0.2, 0.25) is 0 Å². The molecule has 12 atom stereocenters. The van der Waals surface area contributed by atoms with E-state index < -0.39 is 179 Å². The molecule has 0 fully saturated rings. The molecule has 0 unspecified atom stereocenters. The van der Waals surface area contributed by atoms with Crippen molar-refractivity contribution in [2.45, 2.75) is 278 Å². The molecule has 12 amide bonds. The number of hydrogen-bond acceptors (Lipinski definition) is 20. The number of benzene rings is 2. The van der Waals surface area contributed by atoms with Crippen LogP contribution in [0.5, 0.6) is 0 Å². The van der Waals surface area contributed by atoms with Crippen LogP contribution in [0, 0.1) is 35.5 Å². The molecule has 2 rings (SSSR count). The molecule has 0 aliphatic heterocycles. The van der Waals surface area contributed by atoms with Crippen molar-refractivity contribution >= 4 is 82.5 Å². The second kappa shape index (κ2) is 54.1. The molecule has 0 aromatic heterocycles. The zero-order chi connectivity index (χ0) is 85.0. The van der Waals surface area contributed by atoms with Crippen molar-refractivity contribution in [1.29, 1.82) is 0 Å². The van der Waals surface area contributed by atoms with Gasteiger partial charge in [0.15, 0.2) is 0 Å². The number of rotatable bonds is 57. The third-order valence-electron chi connectivity index (χ3n) is 19.4. The Hall–Kier alpha value is -8.73. The van der Waals surface area contributed by atoms with E-state index in [1.165, 1.54) is 0 Å². The highest BCUT2D eigenvalue weighted by Crippen LogP contribution is 2.30. The summed E-state index contributed by atoms with van der Waals surface area (Å²) in [6, 6.07) is -0.773. The third kappa shape index (κ3) is 36.5. The van der Waals surface area contributed by atoms with Crippen LogP contribution in [0.15, 0.2) is 48.5 Å². The number of aliphatic carboxylic acids is 1. The summed E-state index contributed by atoms with van der Waals surface area (Å²) in [4.78, 5) is 183. The largest absolute Gasteiger partial charge is 0.480 e. The molecule has 27 N–H and O–H groups in total. The van der Waals surface area contributed by atoms with E-state index >= 15 is 0 Å². The van der Waals surface area contributed by atoms with Crippen molar-refractivity contribution in [3.8, 4) is 11.1 Å². The van der Waals surface area contributed by atoms with Gasteiger partial charge in [-0.1, -0.05) is 120 Å². The number of anilines is 1. The molecule has 0 aliphatic carbocycles. The first kappa shape index (κ1) is 100. The second-order valence-electron chi connectivity index (χ2n) is 31.4. The predicted molar refractivity (Wildman–Crippen MR) is 438 cm³/mol. The lowest BCUT2D eigenvalue weighted by atomic mass is 9.98. The number of carboxylic acids is 1. The molecule has 0 spiro atoms. The minimum atomic E-state index is -1.26. The summed E-state index contributed by atoms with van der Waals surface area (Å²) in [6.07, 6.45) is 6.94. The van der Waals surface area contributed by atoms with E-state index in [-0.39, 0.29) is 69.6 Å². The van der Waals surface area contributed by atoms with Crippen molar-refractivity contribution in [3.63, 3.8) is 0 Å². The molecular weight excluding hydrogens is 1450 g/mol. The number of nitrogens with two attached hydrogens (primary N) is 7. The van der Waals surface area contributed by atoms with Crippen molar-refractivity contribution in [3.05, 3.63) is 54.1 Å². The average molecular weight is 1590 g/mol. The summed E-state index contributed by atoms with van der Waals surface area (Å²) in [6.45, 7) is 22.7. The predicted octanol–water partition coefficient (Wildman–Crippen LogP) is 1.75. The molecule has 2 aromatic rings. The van der Waals surface area contributed by atoms with Crippen LogP contribution >= 0.6 is 0 Å². The zero-order valence-corrected chi connectivity index (χ0v) is 69.0. The van der Waals surface area contributed by atoms with Gasteiger partial charge in [0, 0.05) is 16.8 Å². The van der Waals surface area contributed by atoms with Crippen LogP contribution in [0.1, 0.15) is 215 Å². The molecule has 0 aliphatic rings. The van der Waals surface area contributed by atoms with Gasteiger partial charge in [-0.2, -0.15) is 0 Å². The number of carboxylic acid groups (broad SMARTS) is 1. The summed E-state index contributed by atoms with van der Waals surface area (Å²) in [5.74, 6) is -12.1. The molecule has 33 nitrogen and oxygen atoms in total. The van der Waals surface area contributed by atoms with E-state index in [4.69, 9.17) is 40.1 Å². The summed E-state index contributed by atoms with van der Waals surface area (Å²) in [7, 11) is 0. The van der Waals surface area contributed by atoms with Gasteiger partial charge in [-0.15, -0.1) is 0 Å². The van der Waals surface area contributed by atoms with Crippen LogP contribution in [0.3, 0.4) is 0 Å². The molecular formula is C80H139N19O14. The fourth-order valence-electron chi connectivity index (χ4n) is 12.5. The van der Waals surface area contributed by atoms with Crippen LogP contribution < -0.4 is 104 Å². The van der Waals surface area contributed by atoms with Crippen molar-refractivity contribution in [2.24, 2.45) is 75.6 Å². The summed E-state index contributed by atoms with van der Waals surface area (Å²) in [5, 5.41) is 43.3. The summed E-state index contributed by atoms with van der Waals surface area (Å²) >= 11 is 0. The maximum Gasteiger partial charge on any atom is 0.326 e. The van der Waals surface area contributed by atoms with Crippen molar-refractivity contribution in [1.82, 2.24) is 58.5 Å². The van der Waals surface area contributed by atoms with E-state index in [1.54, 1.807) is 118 Å². The molecule has 0 saturated heterocycles. The minimum Gasteiger partial charge on any atom is -0.480 e. The van der Waals surface area contributed by atoms with Gasteiger partial charge in [-0.25, -0.2) is 4.79 Å². The standard InChI is InChI=1S/C80H139N19O14/c1-46(2)44-62(94-70(102)57(33-16-22-39-82)89-77(109)65(49(7)8)97-72(104)59(35-18-24-41-84)91-76(108)64(48(5)6)96-69(101)55(87)31-15-21-38-81)74(106)88-56-32-14-13-30-54(56)52-28-27-29-53(45-52)68(100)95-63(47(3)4)75(107)90-58(34-17-23-40-83)71(103)98-66(50(9)10)78(110)92-60(36-19-25-42-85)73(105)99-67(51(11)12)79(111)93-61(80(112)113)37-20-26-43-86/h13-14,27-30,32,45-51,55,57-67H,15-26,31,33-44,81-87H2,1-12H3,(H,88,106)(H,89,109)(H,90,107)(H,91,108)(H,92,110)(H,93,111)(H,94,102)(H,95,100)(H,96,101)(H,97,104)(H,98,103)(H,99,105)(H,112,113)/t55-,57-,58-,59-,60-,61-,62-,63-,64-,65-,66-,67-/m0/s1. The summed E-state index contributed by atoms with van der Waals surface area (Å²) in [5.41, 5.74) is 42.1. The fraction of sp³-hybridized carbons (Fsp3) is 0.688. The van der Waals surface area contributed by atoms with Gasteiger partial charge >= 0.3 is 5.97 Å². The van der Waals surface area contributed by atoms with Crippen LogP contribution in [0.25, 0.3) is 11.1 Å². The highest BCUT2D eigenvalue weighted by atomic mass is 16.4. The monoisotopic (exact) mass is 1590 g/mol. The van der Waals surface area contributed by atoms with Gasteiger partial charge in [0.2, 0.25) is 65.0 Å². The maximum absolute atomic E-state index is 14.7. The zero-order valence-electron chi connectivity index (χ0n) is 69.0. The summed E-state index contributed by atoms with van der Waals surface area (Å²) < 4.78 is 0. The van der Waals surface area contributed by atoms with E-state index in [2.05, 4.69) is 63.8 Å². The number of nitrogens with one attached hydrogen (secondary N) is 12. The number of carbonyl (C=O) groups excluding carboxylic acids is 12. The highest BCUT2D eigenvalue weighted by molar-refractivity contribution is 6.04. The Balaban J connectivity index is 2.46. The number of unbranched alkanes of at least 4 members (excludes halogenated alkanes) is 6. The van der Waals surface area contributed by atoms with Crippen LogP contribution in [-0.4, -0.2) is 194 Å². The van der Waals surface area contributed by atoms with Crippen LogP contribution in [-0.2, 0) is 57.5 Å². The van der Waals surface area contributed by atoms with Gasteiger partial charge in [0.1, 0.15) is 66.5 Å². The van der Waals surface area contributed by atoms with Gasteiger partial charge in [-0.3, -0.25) is 57.5 Å². The topological polar surface area (TPSA) is 569 Å². The number of carbonyl (C=O) groups is 13. The first-order valence-corrected chi connectivity index (χ1v) is 40.6. The van der Waals surface area contributed by atoms with Gasteiger partial charge in [-0.05, 0) is 214 Å². The Morgan fingerprint density at radius 3 is 0.956 bits per heavy atom. The first-order valence-electron chi connectivity index (χ1n) is 40.6. The molecule has 33 heteroatoms. The molecule has 0 saturated carbocycles. The smallest absolute Gasteiger partial charge is 0.326 e. The van der Waals surface area contributed by atoms with Gasteiger partial charge in [0.25, 0.3) is 5.91 Å². The highest BCUT2D eigenvalue weighted by Gasteiger charge is 2.39. The molecule has 2 aromatic carbocycles. The number of para-hydroxylation sites is 1. The fourth-order valence-corrected chi connectivity index (χ4v) is 12.5. The average Bonchev–Trinajstić information content (AvgIpc) is 0.814. The van der Waals surface area contributed by atoms with Gasteiger partial charge in [0.05, 0.1) is 6.04 Å². The number of hydrogen-bond donors (Lipinski definition) is 20. The molecule has 638 valence electrons. The Morgan fingerprint density at radius 1 is 0.319 bits per heavy atom. The van der Waals surface area contributed by atoms with Crippen LogP contribution in [0.4, 0.5) is 5.69 Å². The molecule has 113 heavy (non-hydrogen) atoms. The van der Waals surface area contributed by atoms with Crippen molar-refractivity contribution < 1.29 is 67.4 Å². The van der Waals surface area contributed by atoms with E-state index in [9.17, 15) is 67.4 Å². The second-order valence-corrected chi connectivity index (χ2v) is 31.4. The minimum absolute atomic E-state index is 0.0821.